The number of guanidine groups is 1. The van der Waals surface area contributed by atoms with Crippen LogP contribution in [0.4, 0.5) is 0 Å². The van der Waals surface area contributed by atoms with Crippen molar-refractivity contribution in [3.05, 3.63) is 48.3 Å². The summed E-state index contributed by atoms with van der Waals surface area (Å²) in [4.78, 5) is 6.81. The van der Waals surface area contributed by atoms with Gasteiger partial charge >= 0.3 is 0 Å². The Morgan fingerprint density at radius 2 is 2.00 bits per heavy atom. The van der Waals surface area contributed by atoms with Crippen LogP contribution in [0.25, 0.3) is 5.69 Å². The Morgan fingerprint density at radius 3 is 2.69 bits per heavy atom. The van der Waals surface area contributed by atoms with Gasteiger partial charge in [0.2, 0.25) is 0 Å². The van der Waals surface area contributed by atoms with Gasteiger partial charge in [-0.05, 0) is 36.7 Å². The van der Waals surface area contributed by atoms with Crippen molar-refractivity contribution >= 4 is 29.9 Å². The summed E-state index contributed by atoms with van der Waals surface area (Å²) in [5, 5.41) is 7.40. The molecule has 0 bridgehead atoms. The zero-order valence-electron chi connectivity index (χ0n) is 14.9. The highest BCUT2D eigenvalue weighted by atomic mass is 127. The molecule has 2 aromatic rings. The van der Waals surface area contributed by atoms with Crippen molar-refractivity contribution in [2.75, 3.05) is 39.4 Å². The quantitative estimate of drug-likeness (QED) is 0.278. The first-order chi connectivity index (χ1) is 12.3. The Labute approximate surface area is 171 Å². The van der Waals surface area contributed by atoms with Crippen molar-refractivity contribution in [3.8, 4) is 5.69 Å². The van der Waals surface area contributed by atoms with Crippen molar-refractivity contribution in [2.24, 2.45) is 10.7 Å². The third kappa shape index (κ3) is 6.58. The van der Waals surface area contributed by atoms with Gasteiger partial charge in [0.1, 0.15) is 0 Å². The van der Waals surface area contributed by atoms with Crippen LogP contribution < -0.4 is 11.1 Å². The number of benzene rings is 1. The molecular weight excluding hydrogens is 443 g/mol. The van der Waals surface area contributed by atoms with Crippen molar-refractivity contribution in [3.63, 3.8) is 0 Å². The Bertz CT molecular complexity index is 653. The number of aliphatic imine (C=N–C) groups is 1. The average Bonchev–Trinajstić information content (AvgIpc) is 3.20. The molecule has 1 saturated heterocycles. The van der Waals surface area contributed by atoms with Crippen LogP contribution in [0.2, 0.25) is 0 Å². The van der Waals surface area contributed by atoms with Crippen LogP contribution in [0.5, 0.6) is 0 Å². The smallest absolute Gasteiger partial charge is 0.188 e. The molecule has 2 heterocycles. The highest BCUT2D eigenvalue weighted by Gasteiger charge is 2.08. The molecule has 26 heavy (non-hydrogen) atoms. The highest BCUT2D eigenvalue weighted by molar-refractivity contribution is 14.0. The van der Waals surface area contributed by atoms with Gasteiger partial charge in [-0.15, -0.1) is 24.0 Å². The van der Waals surface area contributed by atoms with E-state index in [-0.39, 0.29) is 24.0 Å². The summed E-state index contributed by atoms with van der Waals surface area (Å²) in [5.74, 6) is 0.498. The molecule has 1 fully saturated rings. The summed E-state index contributed by atoms with van der Waals surface area (Å²) in [5.41, 5.74) is 8.09. The molecule has 3 rings (SSSR count). The van der Waals surface area contributed by atoms with Crippen LogP contribution in [0.1, 0.15) is 12.0 Å². The molecule has 0 saturated carbocycles. The van der Waals surface area contributed by atoms with Gasteiger partial charge < -0.3 is 15.8 Å². The van der Waals surface area contributed by atoms with E-state index < -0.39 is 0 Å². The van der Waals surface area contributed by atoms with E-state index in [1.807, 2.05) is 41.2 Å². The van der Waals surface area contributed by atoms with Gasteiger partial charge in [0.15, 0.2) is 5.96 Å². The fourth-order valence-corrected chi connectivity index (χ4v) is 2.75. The topological polar surface area (TPSA) is 80.7 Å². The largest absolute Gasteiger partial charge is 0.379 e. The second-order valence-corrected chi connectivity index (χ2v) is 6.05. The van der Waals surface area contributed by atoms with E-state index in [9.17, 15) is 0 Å². The standard InChI is InChI=1S/C18H26N6O.HI/c19-18(20-7-1-9-23-11-13-25-14-12-23)21-15-16-3-5-17(6-4-16)24-10-2-8-22-24;/h2-6,8,10H,1,7,9,11-15H2,(H3,19,20,21);1H. The fourth-order valence-electron chi connectivity index (χ4n) is 2.75. The molecule has 1 aromatic heterocycles. The van der Waals surface area contributed by atoms with E-state index in [4.69, 9.17) is 10.5 Å². The van der Waals surface area contributed by atoms with Crippen LogP contribution in [-0.2, 0) is 11.3 Å². The summed E-state index contributed by atoms with van der Waals surface area (Å²) in [6.45, 7) is 6.22. The number of hydrogen-bond donors (Lipinski definition) is 2. The molecule has 0 spiro atoms. The molecule has 8 heteroatoms. The summed E-state index contributed by atoms with van der Waals surface area (Å²) >= 11 is 0. The minimum atomic E-state index is 0. The first-order valence-electron chi connectivity index (χ1n) is 8.74. The van der Waals surface area contributed by atoms with Crippen LogP contribution in [-0.4, -0.2) is 60.0 Å². The van der Waals surface area contributed by atoms with Gasteiger partial charge in [0, 0.05) is 32.0 Å². The number of hydrogen-bond acceptors (Lipinski definition) is 4. The number of nitrogens with zero attached hydrogens (tertiary/aromatic N) is 4. The first kappa shape index (κ1) is 20.7. The number of halogens is 1. The minimum absolute atomic E-state index is 0. The van der Waals surface area contributed by atoms with Gasteiger partial charge in [-0.2, -0.15) is 5.10 Å². The lowest BCUT2D eigenvalue weighted by Gasteiger charge is -2.26. The summed E-state index contributed by atoms with van der Waals surface area (Å²) in [7, 11) is 0. The maximum Gasteiger partial charge on any atom is 0.188 e. The number of rotatable bonds is 7. The normalized spacial score (nSPS) is 15.5. The zero-order chi connectivity index (χ0) is 17.3. The lowest BCUT2D eigenvalue weighted by molar-refractivity contribution is 0.0376. The molecule has 7 nitrogen and oxygen atoms in total. The maximum absolute atomic E-state index is 5.94. The molecule has 0 unspecified atom stereocenters. The summed E-state index contributed by atoms with van der Waals surface area (Å²) in [6.07, 6.45) is 4.74. The number of ether oxygens (including phenoxy) is 1. The van der Waals surface area contributed by atoms with Crippen molar-refractivity contribution in [2.45, 2.75) is 13.0 Å². The molecule has 0 radical (unpaired) electrons. The SMILES string of the molecule is I.NC(=NCc1ccc(-n2cccn2)cc1)NCCCN1CCOCC1. The molecule has 0 atom stereocenters. The second-order valence-electron chi connectivity index (χ2n) is 6.05. The average molecular weight is 470 g/mol. The van der Waals surface area contributed by atoms with E-state index in [0.717, 1.165) is 57.1 Å². The van der Waals surface area contributed by atoms with Crippen LogP contribution in [0, 0.1) is 0 Å². The fraction of sp³-hybridized carbons (Fsp3) is 0.444. The van der Waals surface area contributed by atoms with Gasteiger partial charge in [-0.3, -0.25) is 4.90 Å². The molecule has 3 N–H and O–H groups in total. The Hall–Kier alpha value is -1.65. The van der Waals surface area contributed by atoms with Gasteiger partial charge in [-0.25, -0.2) is 9.67 Å². The van der Waals surface area contributed by atoms with Gasteiger partial charge in [-0.1, -0.05) is 12.1 Å². The van der Waals surface area contributed by atoms with Crippen molar-refractivity contribution in [1.29, 1.82) is 0 Å². The molecule has 0 aliphatic carbocycles. The maximum atomic E-state index is 5.94. The number of aromatic nitrogens is 2. The van der Waals surface area contributed by atoms with Gasteiger partial charge in [0.05, 0.1) is 25.4 Å². The lowest BCUT2D eigenvalue weighted by Crippen LogP contribution is -2.39. The predicted molar refractivity (Wildman–Crippen MR) is 114 cm³/mol. The number of nitrogens with two attached hydrogens (primary N) is 1. The van der Waals surface area contributed by atoms with Crippen molar-refractivity contribution < 1.29 is 4.74 Å². The monoisotopic (exact) mass is 470 g/mol. The summed E-state index contributed by atoms with van der Waals surface area (Å²) < 4.78 is 7.18. The first-order valence-corrected chi connectivity index (χ1v) is 8.74. The lowest BCUT2D eigenvalue weighted by atomic mass is 10.2. The molecule has 0 amide bonds. The molecule has 1 aromatic carbocycles. The Morgan fingerprint density at radius 1 is 1.23 bits per heavy atom. The third-order valence-corrected chi connectivity index (χ3v) is 4.20. The molecule has 142 valence electrons. The van der Waals surface area contributed by atoms with Crippen LogP contribution in [0.15, 0.2) is 47.7 Å². The predicted octanol–water partition coefficient (Wildman–Crippen LogP) is 1.62. The Kier molecular flexibility index (Phi) is 8.86. The van der Waals surface area contributed by atoms with E-state index in [1.165, 1.54) is 0 Å². The van der Waals surface area contributed by atoms with E-state index in [2.05, 4.69) is 20.3 Å². The van der Waals surface area contributed by atoms with Crippen molar-refractivity contribution in [1.82, 2.24) is 20.0 Å². The second kappa shape index (κ2) is 11.1. The number of morpholine rings is 1. The van der Waals surface area contributed by atoms with Gasteiger partial charge in [0.25, 0.3) is 0 Å². The minimum Gasteiger partial charge on any atom is -0.379 e. The summed E-state index contributed by atoms with van der Waals surface area (Å²) in [6, 6.07) is 10.1. The number of nitrogens with one attached hydrogen (secondary N) is 1. The molecule has 1 aliphatic rings. The highest BCUT2D eigenvalue weighted by Crippen LogP contribution is 2.09. The molecule has 1 aliphatic heterocycles. The van der Waals surface area contributed by atoms with Crippen LogP contribution >= 0.6 is 24.0 Å². The zero-order valence-corrected chi connectivity index (χ0v) is 17.2. The van der Waals surface area contributed by atoms with Crippen LogP contribution in [0.3, 0.4) is 0 Å². The molecular formula is C18H27IN6O. The van der Waals surface area contributed by atoms with E-state index in [1.54, 1.807) is 6.20 Å². The van der Waals surface area contributed by atoms with E-state index in [0.29, 0.717) is 12.5 Å². The van der Waals surface area contributed by atoms with E-state index >= 15 is 0 Å². The Balaban J connectivity index is 0.00000243. The third-order valence-electron chi connectivity index (χ3n) is 4.20.